The van der Waals surface area contributed by atoms with E-state index in [1.807, 2.05) is 75.4 Å². The molecule has 5 aromatic carbocycles. The molecule has 0 amide bonds. The van der Waals surface area contributed by atoms with Crippen molar-refractivity contribution in [3.63, 3.8) is 0 Å². The van der Waals surface area contributed by atoms with Crippen LogP contribution in [0.2, 0.25) is 0 Å². The molecule has 0 fully saturated rings. The number of para-hydroxylation sites is 1. The first kappa shape index (κ1) is 52.5. The van der Waals surface area contributed by atoms with Gasteiger partial charge in [0, 0.05) is 25.2 Å². The summed E-state index contributed by atoms with van der Waals surface area (Å²) in [6.45, 7) is 7.12. The van der Waals surface area contributed by atoms with Crippen LogP contribution in [0.3, 0.4) is 0 Å². The fourth-order valence-corrected chi connectivity index (χ4v) is 6.91. The summed E-state index contributed by atoms with van der Waals surface area (Å²) in [7, 11) is 3.09. The Bertz CT molecular complexity index is 2300. The predicted molar refractivity (Wildman–Crippen MR) is 245 cm³/mol. The monoisotopic (exact) mass is 928 g/mol. The zero-order chi connectivity index (χ0) is 48.6. The molecule has 3 N–H and O–H groups in total. The number of aliphatic hydroxyl groups excluding tert-OH is 3. The number of benzene rings is 5. The lowest BCUT2D eigenvalue weighted by atomic mass is 9.81. The molecule has 2 aliphatic rings. The van der Waals surface area contributed by atoms with Gasteiger partial charge in [-0.1, -0.05) is 55.0 Å². The van der Waals surface area contributed by atoms with Gasteiger partial charge in [0.1, 0.15) is 25.1 Å². The molecule has 7 rings (SSSR count). The summed E-state index contributed by atoms with van der Waals surface area (Å²) in [5, 5.41) is 39.7. The second kappa shape index (κ2) is 28.0. The fourth-order valence-electron chi connectivity index (χ4n) is 6.91. The first-order chi connectivity index (χ1) is 32.5. The van der Waals surface area contributed by atoms with Crippen LogP contribution >= 0.6 is 0 Å². The third-order valence-corrected chi connectivity index (χ3v) is 9.93. The zero-order valence-electron chi connectivity index (χ0n) is 37.9. The van der Waals surface area contributed by atoms with Crippen LogP contribution in [-0.4, -0.2) is 80.3 Å². The highest BCUT2D eigenvalue weighted by molar-refractivity contribution is 5.64. The van der Waals surface area contributed by atoms with Crippen LogP contribution < -0.4 is 28.4 Å². The second-order valence-electron chi connectivity index (χ2n) is 14.2. The number of terminal acetylenes is 1. The number of hydrogen-bond acceptors (Lipinski definition) is 17. The minimum atomic E-state index is -1.31. The highest BCUT2D eigenvalue weighted by Gasteiger charge is 2.35. The maximum atomic E-state index is 11.6. The van der Waals surface area contributed by atoms with Gasteiger partial charge in [0.15, 0.2) is 40.9 Å². The van der Waals surface area contributed by atoms with Gasteiger partial charge in [0.2, 0.25) is 18.3 Å². The first-order valence-corrected chi connectivity index (χ1v) is 21.1. The molecular formula is C49H56N2O16. The van der Waals surface area contributed by atoms with Gasteiger partial charge in [0.25, 0.3) is 0 Å². The Hall–Kier alpha value is -7.14. The summed E-state index contributed by atoms with van der Waals surface area (Å²) in [4.78, 5) is 25.9. The van der Waals surface area contributed by atoms with Crippen LogP contribution in [0.4, 0.5) is 5.69 Å². The van der Waals surface area contributed by atoms with Gasteiger partial charge in [-0.15, -0.1) is 4.91 Å². The molecule has 67 heavy (non-hydrogen) atoms. The molecule has 5 aromatic rings. The van der Waals surface area contributed by atoms with Crippen molar-refractivity contribution in [2.24, 2.45) is 11.3 Å². The minimum absolute atomic E-state index is 0.0370. The van der Waals surface area contributed by atoms with Crippen molar-refractivity contribution < 1.29 is 67.7 Å². The minimum Gasteiger partial charge on any atom is -0.493 e. The molecule has 0 spiro atoms. The first-order valence-electron chi connectivity index (χ1n) is 21.1. The van der Waals surface area contributed by atoms with Gasteiger partial charge in [-0.3, -0.25) is 10.1 Å². The van der Waals surface area contributed by atoms with Crippen molar-refractivity contribution >= 4 is 5.69 Å². The predicted octanol–water partition coefficient (Wildman–Crippen LogP) is 9.05. The Morgan fingerprint density at radius 3 is 2.09 bits per heavy atom. The average Bonchev–Trinajstić information content (AvgIpc) is 3.81. The molecule has 2 unspecified atom stereocenters. The highest BCUT2D eigenvalue weighted by atomic mass is 16.7. The maximum absolute atomic E-state index is 11.6. The third kappa shape index (κ3) is 15.8. The highest BCUT2D eigenvalue weighted by Crippen LogP contribution is 2.44. The number of nitrogens with zero attached hydrogens (tertiary/aromatic N) is 2. The fraction of sp³-hybridized carbons (Fsp3) is 0.347. The lowest BCUT2D eigenvalue weighted by molar-refractivity contribution is -0.385. The van der Waals surface area contributed by atoms with Gasteiger partial charge in [0.05, 0.1) is 31.9 Å². The summed E-state index contributed by atoms with van der Waals surface area (Å²) in [5.41, 5.74) is 4.51. The number of rotatable bonds is 19. The molecule has 1 aliphatic heterocycles. The zero-order valence-corrected chi connectivity index (χ0v) is 37.9. The van der Waals surface area contributed by atoms with E-state index >= 15 is 0 Å². The van der Waals surface area contributed by atoms with Crippen LogP contribution in [0.25, 0.3) is 11.1 Å². The van der Waals surface area contributed by atoms with Crippen LogP contribution in [0, 0.1) is 33.5 Å². The normalized spacial score (nSPS) is 14.4. The Labute approximate surface area is 388 Å². The van der Waals surface area contributed by atoms with E-state index in [1.165, 1.54) is 12.2 Å². The van der Waals surface area contributed by atoms with Crippen LogP contribution in [-0.2, 0) is 32.1 Å². The summed E-state index contributed by atoms with van der Waals surface area (Å²) < 4.78 is 48.9. The van der Waals surface area contributed by atoms with Crippen LogP contribution in [0.15, 0.2) is 108 Å². The lowest BCUT2D eigenvalue weighted by Crippen LogP contribution is -2.31. The lowest BCUT2D eigenvalue weighted by Gasteiger charge is -2.33. The van der Waals surface area contributed by atoms with E-state index in [4.69, 9.17) is 52.8 Å². The Kier molecular flexibility index (Phi) is 21.9. The van der Waals surface area contributed by atoms with E-state index in [2.05, 4.69) is 16.6 Å². The number of aliphatic hydroxyl groups is 3. The van der Waals surface area contributed by atoms with Gasteiger partial charge in [-0.05, 0) is 110 Å². The molecule has 18 nitrogen and oxygen atoms in total. The van der Waals surface area contributed by atoms with Gasteiger partial charge in [-0.2, -0.15) is 0 Å². The van der Waals surface area contributed by atoms with Crippen molar-refractivity contribution in [2.45, 2.75) is 58.9 Å². The molecule has 0 radical (unpaired) electrons. The van der Waals surface area contributed by atoms with Crippen molar-refractivity contribution in [1.82, 2.24) is 0 Å². The number of hydrogen-bond donors (Lipinski definition) is 3. The molecule has 0 saturated heterocycles. The molecule has 18 heteroatoms. The second-order valence-corrected chi connectivity index (χ2v) is 14.2. The van der Waals surface area contributed by atoms with Crippen molar-refractivity contribution in [3.8, 4) is 63.9 Å². The van der Waals surface area contributed by atoms with E-state index in [1.54, 1.807) is 56.7 Å². The summed E-state index contributed by atoms with van der Waals surface area (Å²) >= 11 is 0. The number of fused-ring (bicyclic) bond motifs is 2. The van der Waals surface area contributed by atoms with Gasteiger partial charge >= 0.3 is 5.69 Å². The molecule has 0 aromatic heterocycles. The quantitative estimate of drug-likeness (QED) is 0.0231. The van der Waals surface area contributed by atoms with E-state index in [0.717, 1.165) is 41.9 Å². The van der Waals surface area contributed by atoms with E-state index in [0.29, 0.717) is 46.5 Å². The van der Waals surface area contributed by atoms with Crippen molar-refractivity contribution in [3.05, 3.63) is 135 Å². The molecular weight excluding hydrogens is 873 g/mol. The van der Waals surface area contributed by atoms with Crippen LogP contribution in [0.1, 0.15) is 50.0 Å². The molecule has 0 bridgehead atoms. The summed E-state index contributed by atoms with van der Waals surface area (Å²) in [6.07, 6.45) is 4.99. The number of nitro benzene ring substituents is 1. The van der Waals surface area contributed by atoms with Crippen molar-refractivity contribution in [2.75, 3.05) is 47.4 Å². The molecule has 3 atom stereocenters. The average molecular weight is 929 g/mol. The summed E-state index contributed by atoms with van der Waals surface area (Å²) in [6, 6.07) is 31.0. The Morgan fingerprint density at radius 2 is 1.51 bits per heavy atom. The number of nitro groups is 1. The topological polar surface area (TPSA) is 226 Å². The van der Waals surface area contributed by atoms with E-state index in [9.17, 15) is 20.1 Å². The largest absolute Gasteiger partial charge is 0.493 e. The number of methoxy groups -OCH3 is 2. The molecule has 0 saturated carbocycles. The SMILES string of the molecule is C#CO.CCOC(C)OCC.COc1cccc(OC)c1OCc1ccc([N+](=O)[O-])c(Oc2ccc(-c3ccccc3)cc2)c1.O=NOC[C@H]1CCc2cc3c(cc2C1OC(O)CO)OCO3. The number of ether oxygens (including phenoxy) is 9. The standard InChI is InChI=1S/C27H23NO6.C14H17NO7.C6H14O2.C2H2O/c1-31-24-9-6-10-25(32-2)27(24)33-18-19-11-16-23(28(29)30)26(17-19)34-22-14-12-21(13-15-22)20-7-4-3-5-8-20;16-5-13(17)22-14-9(6-21-15-18)2-1-8-3-11-12(4-10(8)14)20-7-19-11;1-4-7-6(3)8-5-2;1-2-3/h3-17H,18H2,1-2H3;3-4,9,13-14,16-17H,1-2,5-7H2;6H,4-5H2,1-3H3;1,3H/t;9-,13?,14?;;/m.1../s1. The summed E-state index contributed by atoms with van der Waals surface area (Å²) in [5.74, 6) is 3.26. The Balaban J connectivity index is 0.000000253. The van der Waals surface area contributed by atoms with E-state index in [-0.39, 0.29) is 43.7 Å². The van der Waals surface area contributed by atoms with Crippen molar-refractivity contribution in [1.29, 1.82) is 0 Å². The smallest absolute Gasteiger partial charge is 0.311 e. The Morgan fingerprint density at radius 1 is 0.881 bits per heavy atom. The molecule has 358 valence electrons. The molecule has 1 heterocycles. The third-order valence-electron chi connectivity index (χ3n) is 9.93. The maximum Gasteiger partial charge on any atom is 0.311 e. The van der Waals surface area contributed by atoms with Gasteiger partial charge in [-0.25, -0.2) is 0 Å². The number of aryl methyl sites for hydroxylation is 1. The molecule has 1 aliphatic carbocycles. The van der Waals surface area contributed by atoms with E-state index < -0.39 is 23.9 Å². The van der Waals surface area contributed by atoms with Crippen LogP contribution in [0.5, 0.6) is 40.2 Å². The van der Waals surface area contributed by atoms with Gasteiger partial charge < -0.3 is 62.8 Å².